The number of amides is 1. The van der Waals surface area contributed by atoms with Crippen LogP contribution < -0.4 is 0 Å². The van der Waals surface area contributed by atoms with E-state index in [2.05, 4.69) is 9.98 Å². The lowest BCUT2D eigenvalue weighted by Crippen LogP contribution is -2.51. The van der Waals surface area contributed by atoms with Crippen molar-refractivity contribution in [3.05, 3.63) is 0 Å². The predicted octanol–water partition coefficient (Wildman–Crippen LogP) is 3.50. The topological polar surface area (TPSA) is 57.5 Å². The molecule has 1 amide bonds. The molecule has 0 N–H and O–H groups in total. The number of amidine groups is 2. The molecule has 1 aliphatic heterocycles. The van der Waals surface area contributed by atoms with Gasteiger partial charge in [-0.25, -0.2) is 14.8 Å². The van der Waals surface area contributed by atoms with Gasteiger partial charge >= 0.3 is 12.3 Å². The number of hydrogen-bond acceptors (Lipinski definition) is 3. The van der Waals surface area contributed by atoms with Crippen LogP contribution in [0.2, 0.25) is 0 Å². The second-order valence-corrected chi connectivity index (χ2v) is 7.07. The smallest absolute Gasteiger partial charge is 0.410 e. The third-order valence-corrected chi connectivity index (χ3v) is 3.60. The molecule has 0 radical (unpaired) electrons. The Hall–Kier alpha value is -1.51. The van der Waals surface area contributed by atoms with Gasteiger partial charge in [-0.05, 0) is 46.2 Å². The van der Waals surface area contributed by atoms with Crippen LogP contribution in [-0.2, 0) is 4.74 Å². The van der Waals surface area contributed by atoms with Gasteiger partial charge in [0, 0.05) is 26.2 Å². The number of hydrogen-bond donors (Lipinski definition) is 0. The van der Waals surface area contributed by atoms with E-state index in [-0.39, 0.29) is 6.09 Å². The highest BCUT2D eigenvalue weighted by molar-refractivity contribution is 6.65. The van der Waals surface area contributed by atoms with Gasteiger partial charge < -0.3 is 14.5 Å². The van der Waals surface area contributed by atoms with Crippen LogP contribution in [0, 0.1) is 0 Å². The van der Waals surface area contributed by atoms with Crippen LogP contribution in [-0.4, -0.2) is 71.0 Å². The second-order valence-electron chi connectivity index (χ2n) is 6.73. The molecule has 10 heteroatoms. The van der Waals surface area contributed by atoms with Crippen molar-refractivity contribution in [2.45, 2.75) is 52.4 Å². The van der Waals surface area contributed by atoms with Gasteiger partial charge in [0.25, 0.3) is 0 Å². The fourth-order valence-electron chi connectivity index (χ4n) is 2.01. The van der Waals surface area contributed by atoms with Gasteiger partial charge in [0.15, 0.2) is 0 Å². The van der Waals surface area contributed by atoms with E-state index < -0.39 is 23.1 Å². The van der Waals surface area contributed by atoms with Gasteiger partial charge in [-0.1, -0.05) is 0 Å². The third-order valence-electron chi connectivity index (χ3n) is 3.42. The zero-order valence-electron chi connectivity index (χ0n) is 15.0. The van der Waals surface area contributed by atoms with Gasteiger partial charge in [0.05, 0.1) is 0 Å². The van der Waals surface area contributed by atoms with E-state index in [9.17, 15) is 18.0 Å². The third kappa shape index (κ3) is 7.50. The summed E-state index contributed by atoms with van der Waals surface area (Å²) in [5.41, 5.74) is -0.565. The van der Waals surface area contributed by atoms with Crippen LogP contribution in [0.3, 0.4) is 0 Å². The summed E-state index contributed by atoms with van der Waals surface area (Å²) in [5.74, 6) is 0.451. The number of ether oxygens (including phenoxy) is 1. The Bertz CT molecular complexity index is 536. The maximum absolute atomic E-state index is 12.5. The molecule has 25 heavy (non-hydrogen) atoms. The highest BCUT2D eigenvalue weighted by atomic mass is 35.5. The first kappa shape index (κ1) is 21.5. The predicted molar refractivity (Wildman–Crippen MR) is 91.3 cm³/mol. The molecule has 1 fully saturated rings. The van der Waals surface area contributed by atoms with Gasteiger partial charge in [-0.3, -0.25) is 0 Å². The first-order chi connectivity index (χ1) is 11.3. The monoisotopic (exact) mass is 384 g/mol. The summed E-state index contributed by atoms with van der Waals surface area (Å²) in [4.78, 5) is 22.6. The maximum atomic E-state index is 12.5. The van der Waals surface area contributed by atoms with Crippen LogP contribution in [0.4, 0.5) is 18.0 Å². The van der Waals surface area contributed by atoms with Crippen molar-refractivity contribution in [1.29, 1.82) is 0 Å². The molecule has 1 heterocycles. The molecule has 0 saturated carbocycles. The molecule has 1 atom stereocenters. The summed E-state index contributed by atoms with van der Waals surface area (Å²) < 4.78 is 42.7. The lowest BCUT2D eigenvalue weighted by molar-refractivity contribution is -0.142. The first-order valence-corrected chi connectivity index (χ1v) is 8.25. The molecular formula is C15H24ClF3N4O2. The van der Waals surface area contributed by atoms with Crippen molar-refractivity contribution < 1.29 is 22.7 Å². The van der Waals surface area contributed by atoms with Gasteiger partial charge in [-0.15, -0.1) is 0 Å². The summed E-state index contributed by atoms with van der Waals surface area (Å²) in [5, 5.41) is -0.447. The number of alkyl halides is 3. The highest BCUT2D eigenvalue weighted by Gasteiger charge is 2.36. The minimum atomic E-state index is -4.46. The number of nitrogens with zero attached hydrogens (tertiary/aromatic N) is 4. The fourth-order valence-corrected chi connectivity index (χ4v) is 2.27. The Morgan fingerprint density at radius 2 is 1.60 bits per heavy atom. The van der Waals surface area contributed by atoms with E-state index in [4.69, 9.17) is 16.3 Å². The molecule has 0 aromatic rings. The van der Waals surface area contributed by atoms with Gasteiger partial charge in [-0.2, -0.15) is 13.2 Å². The molecule has 6 nitrogen and oxygen atoms in total. The van der Waals surface area contributed by atoms with Crippen molar-refractivity contribution in [3.8, 4) is 0 Å². The standard InChI is InChI=1S/C15H24ClF3N4O2/c1-10(15(17,18)19)20-12(16)21-11(2)22-6-8-23(9-7-22)13(24)25-14(3,4)5/h10H,6-9H2,1-5H3. The molecule has 144 valence electrons. The van der Waals surface area contributed by atoms with E-state index in [1.807, 2.05) is 4.90 Å². The normalized spacial score (nSPS) is 19.1. The first-order valence-electron chi connectivity index (χ1n) is 7.88. The molecule has 0 spiro atoms. The van der Waals surface area contributed by atoms with Crippen LogP contribution >= 0.6 is 11.6 Å². The number of carbonyl (C=O) groups excluding carboxylic acids is 1. The molecule has 0 aromatic heterocycles. The summed E-state index contributed by atoms with van der Waals surface area (Å²) in [7, 11) is 0. The van der Waals surface area contributed by atoms with Crippen molar-refractivity contribution in [1.82, 2.24) is 9.80 Å². The molecule has 1 aliphatic rings. The SMILES string of the molecule is CC(=NC(Cl)=NC(C)C(F)(F)F)N1CCN(C(=O)OC(C)(C)C)CC1. The molecule has 1 rings (SSSR count). The van der Waals surface area contributed by atoms with Gasteiger partial charge in [0.1, 0.15) is 17.5 Å². The van der Waals surface area contributed by atoms with Crippen LogP contribution in [0.15, 0.2) is 9.98 Å². The number of rotatable bonds is 1. The Morgan fingerprint density at radius 1 is 1.12 bits per heavy atom. The number of piperazine rings is 1. The Balaban J connectivity index is 2.61. The van der Waals surface area contributed by atoms with Crippen molar-refractivity contribution >= 4 is 28.8 Å². The summed E-state index contributed by atoms with van der Waals surface area (Å²) in [6.45, 7) is 9.74. The average molecular weight is 385 g/mol. The molecular weight excluding hydrogens is 361 g/mol. The molecule has 1 saturated heterocycles. The molecule has 1 unspecified atom stereocenters. The van der Waals surface area contributed by atoms with E-state index >= 15 is 0 Å². The summed E-state index contributed by atoms with van der Waals surface area (Å²) >= 11 is 5.70. The number of aliphatic imine (C=N–C) groups is 2. The van der Waals surface area contributed by atoms with E-state index in [1.54, 1.807) is 32.6 Å². The van der Waals surface area contributed by atoms with Crippen molar-refractivity contribution in [3.63, 3.8) is 0 Å². The maximum Gasteiger partial charge on any atom is 0.410 e. The van der Waals surface area contributed by atoms with Crippen LogP contribution in [0.5, 0.6) is 0 Å². The quantitative estimate of drug-likeness (QED) is 0.395. The van der Waals surface area contributed by atoms with Gasteiger partial charge in [0.2, 0.25) is 5.29 Å². The Morgan fingerprint density at radius 3 is 2.04 bits per heavy atom. The Labute approximate surface area is 150 Å². The molecule has 0 aliphatic carbocycles. The summed E-state index contributed by atoms with van der Waals surface area (Å²) in [6, 6.07) is -1.92. The Kier molecular flexibility index (Phi) is 7.10. The fraction of sp³-hybridized carbons (Fsp3) is 0.800. The largest absolute Gasteiger partial charge is 0.444 e. The van der Waals surface area contributed by atoms with E-state index in [1.165, 1.54) is 0 Å². The zero-order chi connectivity index (χ0) is 19.4. The zero-order valence-corrected chi connectivity index (χ0v) is 15.8. The molecule has 0 aromatic carbocycles. The van der Waals surface area contributed by atoms with E-state index in [0.29, 0.717) is 32.0 Å². The van der Waals surface area contributed by atoms with Crippen molar-refractivity contribution in [2.75, 3.05) is 26.2 Å². The lowest BCUT2D eigenvalue weighted by Gasteiger charge is -2.36. The van der Waals surface area contributed by atoms with Crippen LogP contribution in [0.25, 0.3) is 0 Å². The van der Waals surface area contributed by atoms with Crippen molar-refractivity contribution in [2.24, 2.45) is 9.98 Å². The minimum Gasteiger partial charge on any atom is -0.444 e. The van der Waals surface area contributed by atoms with E-state index in [0.717, 1.165) is 6.92 Å². The minimum absolute atomic E-state index is 0.389. The van der Waals surface area contributed by atoms with Crippen LogP contribution in [0.1, 0.15) is 34.6 Å². The highest BCUT2D eigenvalue weighted by Crippen LogP contribution is 2.23. The number of carbonyl (C=O) groups is 1. The summed E-state index contributed by atoms with van der Waals surface area (Å²) in [6.07, 6.45) is -4.84. The molecule has 0 bridgehead atoms. The lowest BCUT2D eigenvalue weighted by atomic mass is 10.2. The number of halogens is 4. The average Bonchev–Trinajstić information content (AvgIpc) is 2.44. The second kappa shape index (κ2) is 8.25.